The quantitative estimate of drug-likeness (QED) is 0.501. The van der Waals surface area contributed by atoms with Gasteiger partial charge in [-0.2, -0.15) is 0 Å². The number of esters is 2. The van der Waals surface area contributed by atoms with Crippen LogP contribution in [0.25, 0.3) is 0 Å². The van der Waals surface area contributed by atoms with Gasteiger partial charge >= 0.3 is 11.9 Å². The first kappa shape index (κ1) is 24.3. The molecule has 2 aromatic rings. The van der Waals surface area contributed by atoms with Crippen LogP contribution in [0.3, 0.4) is 0 Å². The van der Waals surface area contributed by atoms with Gasteiger partial charge < -0.3 is 24.8 Å². The number of rotatable bonds is 10. The molecular formula is C26H28N2O7. The summed E-state index contributed by atoms with van der Waals surface area (Å²) < 4.78 is 16.2. The lowest BCUT2D eigenvalue weighted by Gasteiger charge is -2.14. The Morgan fingerprint density at radius 2 is 1.00 bits per heavy atom. The molecule has 2 aromatic carbocycles. The minimum atomic E-state index is -0.875. The summed E-state index contributed by atoms with van der Waals surface area (Å²) in [4.78, 5) is 48.5. The molecule has 2 amide bonds. The first-order valence-electron chi connectivity index (χ1n) is 11.7. The minimum absolute atomic E-state index is 0.196. The SMILES string of the molecule is CC(OC(=O)c1ccc(Oc2ccc(C(=O)OC(C)C(=O)NC3CC3)cc2)cc1)C(=O)NC1CC1. The molecule has 35 heavy (non-hydrogen) atoms. The molecule has 2 N–H and O–H groups in total. The van der Waals surface area contributed by atoms with Gasteiger partial charge in [0, 0.05) is 12.1 Å². The zero-order valence-corrected chi connectivity index (χ0v) is 19.6. The Labute approximate surface area is 203 Å². The Hall–Kier alpha value is -3.88. The number of ether oxygens (including phenoxy) is 3. The second-order valence-corrected chi connectivity index (χ2v) is 8.81. The number of nitrogens with one attached hydrogen (secondary N) is 2. The van der Waals surface area contributed by atoms with E-state index in [0.717, 1.165) is 25.7 Å². The van der Waals surface area contributed by atoms with Gasteiger partial charge in [0.25, 0.3) is 11.8 Å². The van der Waals surface area contributed by atoms with Crippen LogP contribution < -0.4 is 15.4 Å². The smallest absolute Gasteiger partial charge is 0.338 e. The molecule has 0 radical (unpaired) electrons. The average molecular weight is 481 g/mol. The molecule has 2 unspecified atom stereocenters. The topological polar surface area (TPSA) is 120 Å². The maximum Gasteiger partial charge on any atom is 0.338 e. The second kappa shape index (κ2) is 10.6. The maximum atomic E-state index is 12.3. The summed E-state index contributed by atoms with van der Waals surface area (Å²) in [5, 5.41) is 5.60. The van der Waals surface area contributed by atoms with Gasteiger partial charge in [-0.3, -0.25) is 9.59 Å². The van der Waals surface area contributed by atoms with E-state index in [-0.39, 0.29) is 23.9 Å². The Bertz CT molecular complexity index is 1000. The number of carbonyl (C=O) groups is 4. The number of carbonyl (C=O) groups excluding carboxylic acids is 4. The minimum Gasteiger partial charge on any atom is -0.457 e. The summed E-state index contributed by atoms with van der Waals surface area (Å²) in [5.74, 6) is -0.854. The third kappa shape index (κ3) is 7.05. The van der Waals surface area contributed by atoms with Crippen LogP contribution in [0, 0.1) is 0 Å². The monoisotopic (exact) mass is 480 g/mol. The maximum absolute atomic E-state index is 12.3. The van der Waals surface area contributed by atoms with Gasteiger partial charge in [0.15, 0.2) is 12.2 Å². The van der Waals surface area contributed by atoms with Gasteiger partial charge in [0.05, 0.1) is 11.1 Å². The Morgan fingerprint density at radius 3 is 1.31 bits per heavy atom. The molecule has 2 saturated carbocycles. The molecule has 184 valence electrons. The highest BCUT2D eigenvalue weighted by Gasteiger charge is 2.28. The number of hydrogen-bond acceptors (Lipinski definition) is 7. The fourth-order valence-corrected chi connectivity index (χ4v) is 3.11. The lowest BCUT2D eigenvalue weighted by Crippen LogP contribution is -2.37. The second-order valence-electron chi connectivity index (χ2n) is 8.81. The predicted molar refractivity (Wildman–Crippen MR) is 125 cm³/mol. The molecule has 9 heteroatoms. The van der Waals surface area contributed by atoms with E-state index in [1.807, 2.05) is 0 Å². The van der Waals surface area contributed by atoms with Crippen LogP contribution in [0.2, 0.25) is 0 Å². The highest BCUT2D eigenvalue weighted by atomic mass is 16.6. The van der Waals surface area contributed by atoms with Gasteiger partial charge in [-0.25, -0.2) is 9.59 Å². The van der Waals surface area contributed by atoms with Gasteiger partial charge in [-0.05, 0) is 88.1 Å². The summed E-state index contributed by atoms with van der Waals surface area (Å²) in [6, 6.07) is 13.0. The van der Waals surface area contributed by atoms with E-state index in [4.69, 9.17) is 14.2 Å². The van der Waals surface area contributed by atoms with Gasteiger partial charge in [-0.15, -0.1) is 0 Å². The highest BCUT2D eigenvalue weighted by molar-refractivity contribution is 5.93. The normalized spacial score (nSPS) is 16.4. The first-order chi connectivity index (χ1) is 16.8. The standard InChI is InChI=1S/C26H28N2O7/c1-15(23(29)27-19-7-8-19)33-25(31)17-3-11-21(12-4-17)35-22-13-5-18(6-14-22)26(32)34-16(2)24(30)28-20-9-10-20/h3-6,11-16,19-20H,7-10H2,1-2H3,(H,27,29)(H,28,30). The van der Waals surface area contributed by atoms with E-state index in [1.54, 1.807) is 48.5 Å². The molecule has 4 rings (SSSR count). The molecule has 2 fully saturated rings. The van der Waals surface area contributed by atoms with Gasteiger partial charge in [-0.1, -0.05) is 0 Å². The molecule has 2 aliphatic rings. The van der Waals surface area contributed by atoms with E-state index in [1.165, 1.54) is 13.8 Å². The van der Waals surface area contributed by atoms with Crippen molar-refractivity contribution >= 4 is 23.8 Å². The van der Waals surface area contributed by atoms with Crippen LogP contribution in [0.1, 0.15) is 60.2 Å². The van der Waals surface area contributed by atoms with Crippen LogP contribution in [0.15, 0.2) is 48.5 Å². The van der Waals surface area contributed by atoms with Gasteiger partial charge in [0.2, 0.25) is 0 Å². The molecule has 2 aliphatic carbocycles. The Balaban J connectivity index is 1.26. The molecule has 0 bridgehead atoms. The molecule has 0 aromatic heterocycles. The van der Waals surface area contributed by atoms with E-state index in [2.05, 4.69) is 10.6 Å². The van der Waals surface area contributed by atoms with Crippen molar-refractivity contribution in [2.75, 3.05) is 0 Å². The zero-order valence-electron chi connectivity index (χ0n) is 19.6. The summed E-state index contributed by atoms with van der Waals surface area (Å²) >= 11 is 0. The van der Waals surface area contributed by atoms with Crippen molar-refractivity contribution in [1.29, 1.82) is 0 Å². The van der Waals surface area contributed by atoms with Crippen molar-refractivity contribution in [2.24, 2.45) is 0 Å². The largest absolute Gasteiger partial charge is 0.457 e. The van der Waals surface area contributed by atoms with E-state index >= 15 is 0 Å². The van der Waals surface area contributed by atoms with Crippen LogP contribution in [0.4, 0.5) is 0 Å². The van der Waals surface area contributed by atoms with Crippen molar-refractivity contribution in [2.45, 2.75) is 63.8 Å². The van der Waals surface area contributed by atoms with Crippen molar-refractivity contribution < 1.29 is 33.4 Å². The average Bonchev–Trinajstić information content (AvgIpc) is 3.77. The lowest BCUT2D eigenvalue weighted by molar-refractivity contribution is -0.129. The molecular weight excluding hydrogens is 452 g/mol. The highest BCUT2D eigenvalue weighted by Crippen LogP contribution is 2.23. The molecule has 0 saturated heterocycles. The van der Waals surface area contributed by atoms with Crippen molar-refractivity contribution in [3.8, 4) is 11.5 Å². The Kier molecular flexibility index (Phi) is 7.33. The summed E-state index contributed by atoms with van der Waals surface area (Å²) in [7, 11) is 0. The van der Waals surface area contributed by atoms with E-state index in [0.29, 0.717) is 22.6 Å². The van der Waals surface area contributed by atoms with Crippen molar-refractivity contribution in [3.05, 3.63) is 59.7 Å². The van der Waals surface area contributed by atoms with E-state index < -0.39 is 24.1 Å². The molecule has 0 spiro atoms. The summed E-state index contributed by atoms with van der Waals surface area (Å²) in [6.07, 6.45) is 2.08. The van der Waals surface area contributed by atoms with Crippen LogP contribution in [-0.2, 0) is 19.1 Å². The summed E-state index contributed by atoms with van der Waals surface area (Å²) in [6.45, 7) is 3.08. The fraction of sp³-hybridized carbons (Fsp3) is 0.385. The lowest BCUT2D eigenvalue weighted by atomic mass is 10.2. The van der Waals surface area contributed by atoms with Gasteiger partial charge in [0.1, 0.15) is 11.5 Å². The van der Waals surface area contributed by atoms with Crippen LogP contribution >= 0.6 is 0 Å². The molecule has 9 nitrogen and oxygen atoms in total. The predicted octanol–water partition coefficient (Wildman–Crippen LogP) is 3.13. The fourth-order valence-electron chi connectivity index (χ4n) is 3.11. The third-order valence-corrected chi connectivity index (χ3v) is 5.57. The molecule has 0 heterocycles. The molecule has 0 aliphatic heterocycles. The first-order valence-corrected chi connectivity index (χ1v) is 11.7. The zero-order chi connectivity index (χ0) is 24.9. The van der Waals surface area contributed by atoms with Crippen LogP contribution in [-0.4, -0.2) is 48.0 Å². The number of amides is 2. The van der Waals surface area contributed by atoms with Crippen molar-refractivity contribution in [1.82, 2.24) is 10.6 Å². The number of benzene rings is 2. The third-order valence-electron chi connectivity index (χ3n) is 5.57. The van der Waals surface area contributed by atoms with Crippen molar-refractivity contribution in [3.63, 3.8) is 0 Å². The van der Waals surface area contributed by atoms with Crippen LogP contribution in [0.5, 0.6) is 11.5 Å². The number of hydrogen-bond donors (Lipinski definition) is 2. The molecule has 2 atom stereocenters. The van der Waals surface area contributed by atoms with E-state index in [9.17, 15) is 19.2 Å². The summed E-state index contributed by atoms with van der Waals surface area (Å²) in [5.41, 5.74) is 0.586. The Morgan fingerprint density at radius 1 is 0.657 bits per heavy atom.